The van der Waals surface area contributed by atoms with Crippen molar-refractivity contribution in [1.82, 2.24) is 29.1 Å². The van der Waals surface area contributed by atoms with Gasteiger partial charge in [0.25, 0.3) is 7.47 Å². The number of nitrogens with one attached hydrogen (secondary N) is 1. The molecule has 252 valence electrons. The number of amides is 1. The number of halogens is 1. The molecule has 0 aromatic carbocycles. The molecule has 0 spiro atoms. The highest BCUT2D eigenvalue weighted by Gasteiger charge is 2.53. The lowest BCUT2D eigenvalue weighted by molar-refractivity contribution is -0.116. The lowest BCUT2D eigenvalue weighted by Crippen LogP contribution is -2.38. The van der Waals surface area contributed by atoms with Crippen molar-refractivity contribution in [3.63, 3.8) is 0 Å². The summed E-state index contributed by atoms with van der Waals surface area (Å²) >= 11 is 5.27. The van der Waals surface area contributed by atoms with Crippen molar-refractivity contribution in [2.45, 2.75) is 62.0 Å². The highest BCUT2D eigenvalue weighted by Crippen LogP contribution is 2.54. The number of aliphatic hydroxyl groups is 1. The number of pyridine rings is 1. The van der Waals surface area contributed by atoms with Gasteiger partial charge >= 0.3 is 6.72 Å². The zero-order chi connectivity index (χ0) is 33.5. The first-order valence-electron chi connectivity index (χ1n) is 14.6. The minimum atomic E-state index is -4.55. The Balaban J connectivity index is 1.08. The summed E-state index contributed by atoms with van der Waals surface area (Å²) in [5.74, 6) is -0.0887. The van der Waals surface area contributed by atoms with Gasteiger partial charge in [-0.3, -0.25) is 18.5 Å². The number of ether oxygens (including phenoxy) is 2. The van der Waals surface area contributed by atoms with Crippen LogP contribution in [0.15, 0.2) is 31.1 Å². The monoisotopic (exact) mass is 722 g/mol. The molecular weight excluding hydrogens is 696 g/mol. The zero-order valence-electron chi connectivity index (χ0n) is 24.5. The molecule has 0 saturated carbocycles. The summed E-state index contributed by atoms with van der Waals surface area (Å²) in [4.78, 5) is 39.8. The van der Waals surface area contributed by atoms with Crippen LogP contribution in [0.2, 0.25) is 0 Å². The maximum Gasteiger partial charge on any atom is 0.325 e. The molecule has 8 rings (SSSR count). The van der Waals surface area contributed by atoms with Crippen molar-refractivity contribution in [1.29, 1.82) is 0 Å². The van der Waals surface area contributed by atoms with E-state index in [-0.39, 0.29) is 29.3 Å². The van der Waals surface area contributed by atoms with Gasteiger partial charge in [-0.1, -0.05) is 0 Å². The predicted octanol–water partition coefficient (Wildman–Crippen LogP) is 1.15. The van der Waals surface area contributed by atoms with Gasteiger partial charge in [0.2, 0.25) is 13.5 Å². The minimum absolute atomic E-state index is 0.0579. The molecule has 4 unspecified atom stereocenters. The largest absolute Gasteiger partial charge is 0.386 e. The van der Waals surface area contributed by atoms with Gasteiger partial charge in [0.15, 0.2) is 30.1 Å². The molecule has 48 heavy (non-hydrogen) atoms. The van der Waals surface area contributed by atoms with Gasteiger partial charge in [-0.25, -0.2) is 24.3 Å². The molecule has 10 atom stereocenters. The van der Waals surface area contributed by atoms with Gasteiger partial charge < -0.3 is 48.7 Å². The number of hydrogen-bond acceptors (Lipinski definition) is 15. The standard InChI is InChI=1S/C25H26BFN8O10P2S/c26-46(38)40-6-13-20(18(37)25(43-13)34-5-10-1-2-14(36)33-11-3-4-29-22(34)15(10)11)45-47(39,48)41-7-12-19(44-46)16(27)24(42-12)35-9-32-17-21(28)30-8-31-23(17)35/h3-5,8-9,12-13,16,18-20,24-25,37H,1-2,6-7H2,(H,33,36)(H,39,48)(H2,28,30,31)/t12-,13-,16?,18+,19+,20?,24-,25-,46?,47?/m1/s1. The van der Waals surface area contributed by atoms with E-state index in [9.17, 15) is 19.4 Å². The van der Waals surface area contributed by atoms with E-state index in [0.717, 1.165) is 5.56 Å². The van der Waals surface area contributed by atoms with Crippen LogP contribution in [-0.2, 0) is 55.2 Å². The molecule has 0 bridgehead atoms. The average Bonchev–Trinajstić information content (AvgIpc) is 3.75. The zero-order valence-corrected chi connectivity index (χ0v) is 27.1. The smallest absolute Gasteiger partial charge is 0.325 e. The predicted molar refractivity (Wildman–Crippen MR) is 167 cm³/mol. The second-order valence-corrected chi connectivity index (χ2v) is 15.9. The fraction of sp³-hybridized carbons (Fsp3) is 0.480. The Hall–Kier alpha value is -2.94. The van der Waals surface area contributed by atoms with Crippen LogP contribution in [0.1, 0.15) is 24.4 Å². The van der Waals surface area contributed by atoms with Crippen LogP contribution in [0, 0.1) is 0 Å². The molecule has 3 saturated heterocycles. The maximum absolute atomic E-state index is 16.1. The third-order valence-corrected chi connectivity index (χ3v) is 11.1. The van der Waals surface area contributed by atoms with Gasteiger partial charge in [-0.05, 0) is 29.9 Å². The second-order valence-electron chi connectivity index (χ2n) is 11.6. The molecule has 8 heterocycles. The van der Waals surface area contributed by atoms with Crippen LogP contribution in [0.4, 0.5) is 15.9 Å². The van der Waals surface area contributed by atoms with E-state index >= 15 is 4.39 Å². The number of carbonyl (C=O) groups excluding carboxylic acids is 1. The first-order chi connectivity index (χ1) is 22.9. The summed E-state index contributed by atoms with van der Waals surface area (Å²) in [5, 5.41) is 15.0. The van der Waals surface area contributed by atoms with Crippen molar-refractivity contribution in [3.8, 4) is 0 Å². The lowest BCUT2D eigenvalue weighted by Gasteiger charge is -2.30. The Morgan fingerprint density at radius 1 is 1.04 bits per heavy atom. The molecule has 4 aromatic heterocycles. The molecule has 5 N–H and O–H groups in total. The number of alkyl halides is 1. The molecule has 4 aromatic rings. The number of rotatable bonds is 2. The van der Waals surface area contributed by atoms with E-state index in [4.69, 9.17) is 52.7 Å². The second kappa shape index (κ2) is 11.8. The number of anilines is 2. The first kappa shape index (κ1) is 32.3. The third kappa shape index (κ3) is 5.56. The number of aromatic nitrogens is 6. The van der Waals surface area contributed by atoms with E-state index in [1.165, 1.54) is 23.4 Å². The summed E-state index contributed by atoms with van der Waals surface area (Å²) in [6, 6.07) is 1.67. The van der Waals surface area contributed by atoms with Crippen LogP contribution >= 0.6 is 14.2 Å². The number of aliphatic hydroxyl groups excluding tert-OH is 1. The molecule has 0 aliphatic carbocycles. The summed E-state index contributed by atoms with van der Waals surface area (Å²) in [7, 11) is 1.38. The average molecular weight is 722 g/mol. The minimum Gasteiger partial charge on any atom is -0.386 e. The number of aryl methyl sites for hydroxylation is 1. The fourth-order valence-corrected chi connectivity index (χ4v) is 8.83. The number of nitrogen functional groups attached to an aromatic ring is 1. The van der Waals surface area contributed by atoms with Crippen molar-refractivity contribution in [3.05, 3.63) is 36.7 Å². The van der Waals surface area contributed by atoms with E-state index in [1.807, 2.05) is 0 Å². The summed E-state index contributed by atoms with van der Waals surface area (Å²) < 4.78 is 66.6. The molecule has 3 fully saturated rings. The number of carbonyl (C=O) groups is 1. The molecular formula is C25H26BFN8O10P2S. The number of nitrogens with zero attached hydrogens (tertiary/aromatic N) is 6. The quantitative estimate of drug-likeness (QED) is 0.168. The Bertz CT molecular complexity index is 2040. The van der Waals surface area contributed by atoms with Gasteiger partial charge in [-0.2, -0.15) is 0 Å². The molecule has 23 heteroatoms. The van der Waals surface area contributed by atoms with Gasteiger partial charge in [0.1, 0.15) is 48.0 Å². The van der Waals surface area contributed by atoms with Gasteiger partial charge in [-0.15, -0.1) is 0 Å². The highest BCUT2D eigenvalue weighted by atomic mass is 32.5. The van der Waals surface area contributed by atoms with Crippen molar-refractivity contribution in [2.75, 3.05) is 24.3 Å². The Labute approximate surface area is 276 Å². The number of nitrogens with two attached hydrogens (primary N) is 1. The van der Waals surface area contributed by atoms with Crippen molar-refractivity contribution >= 4 is 73.2 Å². The SMILES string of the molecule is [B]P1(=O)OC[C@H]2O[C@@H](n3cc4c5c(ccnc53)NC(=O)CC4)[C@@H](O)C2OP(O)(=S)OC[C@H]2O[C@@H](n3cnc4c(N)ncnc43)C(F)[C@H]2O1. The van der Waals surface area contributed by atoms with Crippen molar-refractivity contribution < 1.29 is 51.3 Å². The summed E-state index contributed by atoms with van der Waals surface area (Å²) in [6.07, 6.45) is -5.47. The van der Waals surface area contributed by atoms with E-state index in [0.29, 0.717) is 23.1 Å². The lowest BCUT2D eigenvalue weighted by atomic mass is 10.1. The van der Waals surface area contributed by atoms with Crippen LogP contribution in [-0.4, -0.2) is 102 Å². The highest BCUT2D eigenvalue weighted by molar-refractivity contribution is 8.07. The number of hydrogen-bond donors (Lipinski definition) is 4. The Morgan fingerprint density at radius 2 is 1.81 bits per heavy atom. The number of fused-ring (bicyclic) bond motifs is 3. The topological polar surface area (TPSA) is 229 Å². The molecule has 4 aliphatic rings. The van der Waals surface area contributed by atoms with Gasteiger partial charge in [0, 0.05) is 24.2 Å². The van der Waals surface area contributed by atoms with Gasteiger partial charge in [0.05, 0.1) is 25.2 Å². The first-order valence-corrected chi connectivity index (χ1v) is 18.8. The molecule has 18 nitrogen and oxygen atoms in total. The Kier molecular flexibility index (Phi) is 7.97. The Morgan fingerprint density at radius 3 is 2.65 bits per heavy atom. The van der Waals surface area contributed by atoms with Crippen LogP contribution < -0.4 is 11.1 Å². The fourth-order valence-electron chi connectivity index (χ4n) is 6.38. The van der Waals surface area contributed by atoms with Crippen LogP contribution in [0.3, 0.4) is 0 Å². The van der Waals surface area contributed by atoms with Crippen LogP contribution in [0.25, 0.3) is 22.2 Å². The van der Waals surface area contributed by atoms with Crippen molar-refractivity contribution in [2.24, 2.45) is 0 Å². The molecule has 1 amide bonds. The summed E-state index contributed by atoms with van der Waals surface area (Å²) in [6.45, 7) is -5.39. The van der Waals surface area contributed by atoms with E-state index in [2.05, 4.69) is 25.3 Å². The summed E-state index contributed by atoms with van der Waals surface area (Å²) in [5.41, 5.74) is 7.94. The van der Waals surface area contributed by atoms with Crippen LogP contribution in [0.5, 0.6) is 0 Å². The van der Waals surface area contributed by atoms with E-state index < -0.39 is 76.6 Å². The third-order valence-electron chi connectivity index (χ3n) is 8.54. The normalized spacial score (nSPS) is 37.4. The maximum atomic E-state index is 16.1. The molecule has 2 radical (unpaired) electrons. The number of imidazole rings is 1. The molecule has 4 aliphatic heterocycles. The van der Waals surface area contributed by atoms with E-state index in [1.54, 1.807) is 16.8 Å².